The van der Waals surface area contributed by atoms with Crippen molar-refractivity contribution in [2.24, 2.45) is 0 Å². The van der Waals surface area contributed by atoms with Gasteiger partial charge < -0.3 is 43.1 Å². The van der Waals surface area contributed by atoms with Gasteiger partial charge in [-0.25, -0.2) is 0 Å². The van der Waals surface area contributed by atoms with Crippen LogP contribution in [-0.4, -0.2) is 42.7 Å². The second kappa shape index (κ2) is 22.4. The van der Waals surface area contributed by atoms with Gasteiger partial charge in [0, 0.05) is 51.2 Å². The monoisotopic (exact) mass is 987 g/mol. The van der Waals surface area contributed by atoms with Gasteiger partial charge in [0.1, 0.15) is 34.5 Å². The molecule has 0 N–H and O–H groups in total. The molecule has 0 aromatic heterocycles. The lowest BCUT2D eigenvalue weighted by Crippen LogP contribution is -2.10. The summed E-state index contributed by atoms with van der Waals surface area (Å²) in [5.74, 6) is 4.76. The molecule has 0 radical (unpaired) electrons. The average molecular weight is 988 g/mol. The number of methoxy groups -OCH3 is 6. The van der Waals surface area contributed by atoms with E-state index in [1.807, 2.05) is 72.8 Å². The fourth-order valence-electron chi connectivity index (χ4n) is 9.27. The maximum atomic E-state index is 5.52. The van der Waals surface area contributed by atoms with Crippen molar-refractivity contribution in [2.75, 3.05) is 57.4 Å². The number of ether oxygens (including phenoxy) is 6. The molecule has 9 heteroatoms. The highest BCUT2D eigenvalue weighted by Gasteiger charge is 2.18. The van der Waals surface area contributed by atoms with E-state index in [9.17, 15) is 0 Å². The van der Waals surface area contributed by atoms with E-state index in [1.165, 1.54) is 0 Å². The molecule has 0 bridgehead atoms. The van der Waals surface area contributed by atoms with Gasteiger partial charge in [0.15, 0.2) is 0 Å². The van der Waals surface area contributed by atoms with Crippen molar-refractivity contribution in [3.05, 3.63) is 237 Å². The Morgan fingerprint density at radius 1 is 0.173 bits per heavy atom. The Bertz CT molecular complexity index is 2910. The zero-order valence-electron chi connectivity index (χ0n) is 42.8. The van der Waals surface area contributed by atoms with Crippen molar-refractivity contribution in [2.45, 2.75) is 0 Å². The second-order valence-corrected chi connectivity index (χ2v) is 17.6. The van der Waals surface area contributed by atoms with Crippen LogP contribution >= 0.6 is 0 Å². The van der Waals surface area contributed by atoms with Crippen molar-refractivity contribution in [1.82, 2.24) is 0 Å². The third kappa shape index (κ3) is 10.8. The molecule has 0 aliphatic heterocycles. The molecule has 10 aromatic rings. The lowest BCUT2D eigenvalue weighted by atomic mass is 9.93. The van der Waals surface area contributed by atoms with Crippen LogP contribution in [0.15, 0.2) is 237 Å². The Morgan fingerprint density at radius 3 is 0.440 bits per heavy atom. The van der Waals surface area contributed by atoms with E-state index in [-0.39, 0.29) is 0 Å². The molecule has 10 rings (SSSR count). The Kier molecular flexibility index (Phi) is 14.7. The van der Waals surface area contributed by atoms with E-state index < -0.39 is 0 Å². The minimum atomic E-state index is 0.794. The highest BCUT2D eigenvalue weighted by Crippen LogP contribution is 2.42. The molecular weight excluding hydrogens is 931 g/mol. The third-order valence-electron chi connectivity index (χ3n) is 13.3. The molecule has 0 spiro atoms. The largest absolute Gasteiger partial charge is 0.497 e. The van der Waals surface area contributed by atoms with Crippen LogP contribution in [0.4, 0.5) is 51.2 Å². The van der Waals surface area contributed by atoms with E-state index in [2.05, 4.69) is 178 Å². The fourth-order valence-corrected chi connectivity index (χ4v) is 9.27. The number of nitrogens with zero attached hydrogens (tertiary/aromatic N) is 3. The van der Waals surface area contributed by atoms with Crippen molar-refractivity contribution < 1.29 is 28.4 Å². The maximum absolute atomic E-state index is 5.52. The Morgan fingerprint density at radius 2 is 0.307 bits per heavy atom. The van der Waals surface area contributed by atoms with Crippen molar-refractivity contribution in [3.8, 4) is 67.9 Å². The summed E-state index contributed by atoms with van der Waals surface area (Å²) in [5.41, 5.74) is 15.5. The number of anilines is 9. The second-order valence-electron chi connectivity index (χ2n) is 17.6. The minimum Gasteiger partial charge on any atom is -0.497 e. The van der Waals surface area contributed by atoms with Gasteiger partial charge in [-0.2, -0.15) is 0 Å². The van der Waals surface area contributed by atoms with Gasteiger partial charge in [-0.3, -0.25) is 0 Å². The van der Waals surface area contributed by atoms with Gasteiger partial charge in [0.25, 0.3) is 0 Å². The molecule has 0 heterocycles. The number of rotatable bonds is 18. The number of benzene rings is 10. The molecule has 0 atom stereocenters. The number of hydrogen-bond acceptors (Lipinski definition) is 9. The normalized spacial score (nSPS) is 10.8. The molecule has 0 amide bonds. The molecule has 9 nitrogen and oxygen atoms in total. The van der Waals surface area contributed by atoms with E-state index in [0.29, 0.717) is 0 Å². The zero-order chi connectivity index (χ0) is 51.7. The fraction of sp³-hybridized carbons (Fsp3) is 0.0909. The predicted molar refractivity (Wildman–Crippen MR) is 306 cm³/mol. The summed E-state index contributed by atoms with van der Waals surface area (Å²) in [7, 11) is 10.1. The van der Waals surface area contributed by atoms with Crippen LogP contribution in [-0.2, 0) is 0 Å². The van der Waals surface area contributed by atoms with Crippen LogP contribution in [0, 0.1) is 0 Å². The highest BCUT2D eigenvalue weighted by molar-refractivity contribution is 5.86. The van der Waals surface area contributed by atoms with Crippen molar-refractivity contribution in [1.29, 1.82) is 0 Å². The molecule has 0 saturated carbocycles. The van der Waals surface area contributed by atoms with E-state index in [1.54, 1.807) is 42.7 Å². The molecule has 0 fully saturated rings. The first-order valence-electron chi connectivity index (χ1n) is 24.6. The lowest BCUT2D eigenvalue weighted by molar-refractivity contribution is 0.414. The van der Waals surface area contributed by atoms with Crippen molar-refractivity contribution in [3.63, 3.8) is 0 Å². The van der Waals surface area contributed by atoms with Gasteiger partial charge in [0.05, 0.1) is 42.7 Å². The third-order valence-corrected chi connectivity index (χ3v) is 13.3. The first-order chi connectivity index (χ1) is 36.8. The summed E-state index contributed by atoms with van der Waals surface area (Å²) in [6, 6.07) is 81.8. The topological polar surface area (TPSA) is 65.1 Å². The number of hydrogen-bond donors (Lipinski definition) is 0. The van der Waals surface area contributed by atoms with E-state index >= 15 is 0 Å². The predicted octanol–water partition coefficient (Wildman–Crippen LogP) is 17.1. The van der Waals surface area contributed by atoms with E-state index in [4.69, 9.17) is 28.4 Å². The Balaban J connectivity index is 1.06. The van der Waals surface area contributed by atoms with Gasteiger partial charge >= 0.3 is 0 Å². The SMILES string of the molecule is COc1ccc(N(c2ccc(OC)cc2)c2ccc(-c3cc(-c4ccc(N(c5ccc(OC)cc5)c5ccc(OC)cc5)cc4)cc(-c4ccc(N(c5ccc(OC)cc5)c5ccc(OC)cc5)cc4)c3)cc2)cc1. The van der Waals surface area contributed by atoms with Crippen LogP contribution in [0.2, 0.25) is 0 Å². The summed E-state index contributed by atoms with van der Waals surface area (Å²) in [6.45, 7) is 0. The quantitative estimate of drug-likeness (QED) is 0.0836. The smallest absolute Gasteiger partial charge is 0.119 e. The minimum absolute atomic E-state index is 0.794. The molecular formula is C66H57N3O6. The van der Waals surface area contributed by atoms with Crippen LogP contribution in [0.3, 0.4) is 0 Å². The summed E-state index contributed by atoms with van der Waals surface area (Å²) < 4.78 is 33.1. The molecule has 0 saturated heterocycles. The highest BCUT2D eigenvalue weighted by atomic mass is 16.5. The molecule has 0 aliphatic carbocycles. The van der Waals surface area contributed by atoms with Crippen LogP contribution in [0.1, 0.15) is 0 Å². The Labute approximate surface area is 439 Å². The van der Waals surface area contributed by atoms with Gasteiger partial charge in [-0.05, 0) is 234 Å². The summed E-state index contributed by atoms with van der Waals surface area (Å²) >= 11 is 0. The molecule has 372 valence electrons. The standard InChI is InChI=1S/C66H57N3O6/c1-70-61-31-19-55(20-32-61)67(56-21-33-62(71-2)34-22-56)52-13-7-46(8-14-52)49-43-50(47-9-15-53(16-10-47)68(57-23-35-63(72-3)36-24-57)58-25-37-64(73-4)38-26-58)45-51(44-49)48-11-17-54(18-12-48)69(59-27-39-65(74-5)40-28-59)60-29-41-66(75-6)42-30-60/h7-45H,1-6H3. The van der Waals surface area contributed by atoms with Gasteiger partial charge in [-0.15, -0.1) is 0 Å². The van der Waals surface area contributed by atoms with Crippen LogP contribution in [0.25, 0.3) is 33.4 Å². The lowest BCUT2D eigenvalue weighted by Gasteiger charge is -2.26. The van der Waals surface area contributed by atoms with Gasteiger partial charge in [0.2, 0.25) is 0 Å². The molecule has 75 heavy (non-hydrogen) atoms. The first-order valence-corrected chi connectivity index (χ1v) is 24.6. The maximum Gasteiger partial charge on any atom is 0.119 e. The summed E-state index contributed by atoms with van der Waals surface area (Å²) in [5, 5.41) is 0. The Hall–Kier alpha value is -9.60. The molecule has 10 aromatic carbocycles. The van der Waals surface area contributed by atoms with Gasteiger partial charge in [-0.1, -0.05) is 36.4 Å². The molecule has 0 aliphatic rings. The van der Waals surface area contributed by atoms with Crippen LogP contribution in [0.5, 0.6) is 34.5 Å². The van der Waals surface area contributed by atoms with Crippen LogP contribution < -0.4 is 43.1 Å². The molecule has 0 unspecified atom stereocenters. The summed E-state index contributed by atoms with van der Waals surface area (Å²) in [6.07, 6.45) is 0. The zero-order valence-corrected chi connectivity index (χ0v) is 42.8. The van der Waals surface area contributed by atoms with E-state index in [0.717, 1.165) is 119 Å². The van der Waals surface area contributed by atoms with Crippen molar-refractivity contribution >= 4 is 51.2 Å². The first kappa shape index (κ1) is 49.0. The average Bonchev–Trinajstić information content (AvgIpc) is 3.49. The summed E-state index contributed by atoms with van der Waals surface area (Å²) in [4.78, 5) is 6.70.